The Morgan fingerprint density at radius 1 is 1.14 bits per heavy atom. The summed E-state index contributed by atoms with van der Waals surface area (Å²) in [6.07, 6.45) is 7.55. The van der Waals surface area contributed by atoms with Gasteiger partial charge in [0.15, 0.2) is 0 Å². The number of carbonyl (C=O) groups is 3. The second kappa shape index (κ2) is 6.83. The van der Waals surface area contributed by atoms with Crippen molar-refractivity contribution < 1.29 is 14.4 Å². The first kappa shape index (κ1) is 19.1. The third-order valence-electron chi connectivity index (χ3n) is 7.64. The lowest BCUT2D eigenvalue weighted by atomic mass is 9.49. The van der Waals surface area contributed by atoms with Crippen LogP contribution in [-0.4, -0.2) is 35.2 Å². The summed E-state index contributed by atoms with van der Waals surface area (Å²) < 4.78 is 0. The van der Waals surface area contributed by atoms with Gasteiger partial charge in [-0.15, -0.1) is 0 Å². The molecule has 3 amide bonds. The van der Waals surface area contributed by atoms with Crippen molar-refractivity contribution in [1.29, 1.82) is 0 Å². The Bertz CT molecular complexity index is 847. The molecule has 29 heavy (non-hydrogen) atoms. The Labute approximate surface area is 176 Å². The van der Waals surface area contributed by atoms with Gasteiger partial charge in [-0.1, -0.05) is 17.7 Å². The summed E-state index contributed by atoms with van der Waals surface area (Å²) in [6.45, 7) is 2.14. The van der Waals surface area contributed by atoms with Crippen molar-refractivity contribution in [3.63, 3.8) is 0 Å². The Kier molecular flexibility index (Phi) is 4.50. The molecule has 1 atom stereocenters. The Hall–Kier alpha value is -1.88. The van der Waals surface area contributed by atoms with Crippen molar-refractivity contribution in [3.05, 3.63) is 29.3 Å². The molecule has 0 N–H and O–H groups in total. The van der Waals surface area contributed by atoms with E-state index in [0.29, 0.717) is 17.3 Å². The van der Waals surface area contributed by atoms with Gasteiger partial charge in [0, 0.05) is 18.5 Å². The number of benzene rings is 1. The zero-order valence-electron chi connectivity index (χ0n) is 16.8. The molecule has 4 bridgehead atoms. The number of rotatable bonds is 4. The smallest absolute Gasteiger partial charge is 0.257 e. The maximum absolute atomic E-state index is 13.2. The summed E-state index contributed by atoms with van der Waals surface area (Å²) in [4.78, 5) is 41.5. The normalized spacial score (nSPS) is 35.4. The van der Waals surface area contributed by atoms with Crippen LogP contribution in [0.5, 0.6) is 0 Å². The van der Waals surface area contributed by atoms with E-state index in [1.807, 2.05) is 0 Å². The average molecular weight is 415 g/mol. The highest BCUT2D eigenvalue weighted by Crippen LogP contribution is 2.60. The number of hydrogen-bond acceptors (Lipinski definition) is 3. The first-order valence-corrected chi connectivity index (χ1v) is 11.1. The molecule has 4 aliphatic carbocycles. The molecule has 1 aliphatic heterocycles. The van der Waals surface area contributed by atoms with E-state index in [1.54, 1.807) is 29.2 Å². The van der Waals surface area contributed by atoms with Crippen molar-refractivity contribution in [1.82, 2.24) is 4.90 Å². The molecule has 154 valence electrons. The number of hydrogen-bond donors (Lipinski definition) is 0. The molecule has 0 spiro atoms. The molecule has 1 aromatic rings. The van der Waals surface area contributed by atoms with E-state index in [9.17, 15) is 14.4 Å². The lowest BCUT2D eigenvalue weighted by Crippen LogP contribution is -2.55. The van der Waals surface area contributed by atoms with E-state index in [0.717, 1.165) is 37.0 Å². The van der Waals surface area contributed by atoms with Gasteiger partial charge in [0.1, 0.15) is 6.04 Å². The van der Waals surface area contributed by atoms with Crippen molar-refractivity contribution in [2.24, 2.45) is 23.2 Å². The highest BCUT2D eigenvalue weighted by molar-refractivity contribution is 6.31. The lowest BCUT2D eigenvalue weighted by Gasteiger charge is -2.58. The molecule has 6 rings (SSSR count). The summed E-state index contributed by atoms with van der Waals surface area (Å²) >= 11 is 6.06. The zero-order chi connectivity index (χ0) is 20.3. The minimum Gasteiger partial charge on any atom is -0.330 e. The standard InChI is InChI=1S/C23H27ClN2O3/c1-14(27)25(13-23-10-15-5-16(11-23)7-17(6-15)12-23)20-9-21(28)26(22(20)29)19-4-2-3-18(24)8-19/h2-4,8,15-17,20H,5-7,9-13H2,1H3/t15?,16?,17?,20-,23?/m1/s1. The van der Waals surface area contributed by atoms with E-state index >= 15 is 0 Å². The molecule has 5 fully saturated rings. The molecule has 1 heterocycles. The monoisotopic (exact) mass is 414 g/mol. The fraction of sp³-hybridized carbons (Fsp3) is 0.609. The predicted molar refractivity (Wildman–Crippen MR) is 110 cm³/mol. The maximum Gasteiger partial charge on any atom is 0.257 e. The molecule has 0 radical (unpaired) electrons. The third kappa shape index (κ3) is 3.27. The van der Waals surface area contributed by atoms with E-state index < -0.39 is 6.04 Å². The molecular formula is C23H27ClN2O3. The fourth-order valence-corrected chi connectivity index (χ4v) is 7.22. The molecule has 1 aromatic carbocycles. The van der Waals surface area contributed by atoms with E-state index in [1.165, 1.54) is 31.1 Å². The number of amides is 3. The lowest BCUT2D eigenvalue weighted by molar-refractivity contribution is -0.143. The SMILES string of the molecule is CC(=O)N(CC12CC3CC(CC(C3)C1)C2)[C@@H]1CC(=O)N(c2cccc(Cl)c2)C1=O. The first-order chi connectivity index (χ1) is 13.8. The van der Waals surface area contributed by atoms with Crippen molar-refractivity contribution in [2.45, 2.75) is 57.9 Å². The van der Waals surface area contributed by atoms with Gasteiger partial charge in [-0.25, -0.2) is 4.90 Å². The number of anilines is 1. The van der Waals surface area contributed by atoms with Crippen molar-refractivity contribution in [2.75, 3.05) is 11.4 Å². The van der Waals surface area contributed by atoms with Crippen LogP contribution in [0.3, 0.4) is 0 Å². The Morgan fingerprint density at radius 2 is 1.76 bits per heavy atom. The number of halogens is 1. The van der Waals surface area contributed by atoms with Gasteiger partial charge in [0.25, 0.3) is 5.91 Å². The summed E-state index contributed by atoms with van der Waals surface area (Å²) in [5, 5.41) is 0.476. The molecule has 1 saturated heterocycles. The van der Waals surface area contributed by atoms with Crippen molar-refractivity contribution in [3.8, 4) is 0 Å². The summed E-state index contributed by atoms with van der Waals surface area (Å²) in [6, 6.07) is 6.07. The maximum atomic E-state index is 13.2. The van der Waals surface area contributed by atoms with Gasteiger partial charge in [0.05, 0.1) is 12.1 Å². The highest BCUT2D eigenvalue weighted by atomic mass is 35.5. The Balaban J connectivity index is 1.40. The second-order valence-corrected chi connectivity index (χ2v) is 10.3. The van der Waals surface area contributed by atoms with Crippen LogP contribution in [0.15, 0.2) is 24.3 Å². The highest BCUT2D eigenvalue weighted by Gasteiger charge is 2.53. The predicted octanol–water partition coefficient (Wildman–Crippen LogP) is 4.04. The molecule has 6 heteroatoms. The first-order valence-electron chi connectivity index (χ1n) is 10.7. The van der Waals surface area contributed by atoms with E-state index in [4.69, 9.17) is 11.6 Å². The van der Waals surface area contributed by atoms with Gasteiger partial charge in [-0.05, 0) is 79.9 Å². The van der Waals surface area contributed by atoms with Gasteiger partial charge in [0.2, 0.25) is 11.8 Å². The topological polar surface area (TPSA) is 57.7 Å². The summed E-state index contributed by atoms with van der Waals surface area (Å²) in [7, 11) is 0. The zero-order valence-corrected chi connectivity index (χ0v) is 17.5. The van der Waals surface area contributed by atoms with Crippen LogP contribution in [0.2, 0.25) is 5.02 Å². The molecule has 0 aromatic heterocycles. The van der Waals surface area contributed by atoms with Crippen LogP contribution in [0.1, 0.15) is 51.9 Å². The number of imide groups is 1. The number of nitrogens with zero attached hydrogens (tertiary/aromatic N) is 2. The van der Waals surface area contributed by atoms with Crippen molar-refractivity contribution >= 4 is 35.0 Å². The van der Waals surface area contributed by atoms with E-state index in [2.05, 4.69) is 0 Å². The van der Waals surface area contributed by atoms with Gasteiger partial charge < -0.3 is 4.90 Å². The van der Waals surface area contributed by atoms with Crippen LogP contribution < -0.4 is 4.90 Å². The molecule has 5 nitrogen and oxygen atoms in total. The average Bonchev–Trinajstić information content (AvgIpc) is 2.92. The number of carbonyl (C=O) groups excluding carboxylic acids is 3. The van der Waals surface area contributed by atoms with E-state index in [-0.39, 0.29) is 29.6 Å². The van der Waals surface area contributed by atoms with Crippen LogP contribution in [-0.2, 0) is 14.4 Å². The Morgan fingerprint density at radius 3 is 2.31 bits per heavy atom. The minimum atomic E-state index is -0.702. The van der Waals surface area contributed by atoms with Gasteiger partial charge in [-0.2, -0.15) is 0 Å². The van der Waals surface area contributed by atoms with Crippen LogP contribution >= 0.6 is 11.6 Å². The van der Waals surface area contributed by atoms with Gasteiger partial charge in [-0.3, -0.25) is 14.4 Å². The van der Waals surface area contributed by atoms with Crippen LogP contribution in [0, 0.1) is 23.2 Å². The van der Waals surface area contributed by atoms with Crippen LogP contribution in [0.4, 0.5) is 5.69 Å². The largest absolute Gasteiger partial charge is 0.330 e. The fourth-order valence-electron chi connectivity index (χ4n) is 7.03. The van der Waals surface area contributed by atoms with Gasteiger partial charge >= 0.3 is 0 Å². The molecule has 5 aliphatic rings. The summed E-state index contributed by atoms with van der Waals surface area (Å²) in [5.41, 5.74) is 0.612. The molecule has 4 saturated carbocycles. The molecule has 0 unspecified atom stereocenters. The third-order valence-corrected chi connectivity index (χ3v) is 7.88. The molecular weight excluding hydrogens is 388 g/mol. The van der Waals surface area contributed by atoms with Crippen LogP contribution in [0.25, 0.3) is 0 Å². The summed E-state index contributed by atoms with van der Waals surface area (Å²) in [5.74, 6) is 1.65. The second-order valence-electron chi connectivity index (χ2n) is 9.83. The quantitative estimate of drug-likeness (QED) is 0.699. The minimum absolute atomic E-state index is 0.0529.